The van der Waals surface area contributed by atoms with E-state index in [2.05, 4.69) is 34.3 Å². The molecule has 3 rings (SSSR count). The molecule has 1 unspecified atom stereocenters. The minimum atomic E-state index is 0.166. The molecule has 112 valence electrons. The molecule has 2 aliphatic rings. The number of hydrogen-bond acceptors (Lipinski definition) is 3. The average Bonchev–Trinajstić information content (AvgIpc) is 3.27. The number of nitrogens with one attached hydrogen (secondary N) is 2. The van der Waals surface area contributed by atoms with Gasteiger partial charge >= 0.3 is 0 Å². The summed E-state index contributed by atoms with van der Waals surface area (Å²) < 4.78 is 3.00. The molecule has 1 amide bonds. The maximum atomic E-state index is 12.1. The minimum Gasteiger partial charge on any atom is -0.384 e. The predicted octanol–water partition coefficient (Wildman–Crippen LogP) is 3.99. The molecule has 1 fully saturated rings. The topological polar surface area (TPSA) is 41.1 Å². The third kappa shape index (κ3) is 4.03. The molecule has 3 nitrogen and oxygen atoms in total. The molecule has 1 aliphatic heterocycles. The quantitative estimate of drug-likeness (QED) is 0.562. The van der Waals surface area contributed by atoms with Gasteiger partial charge in [0.2, 0.25) is 5.91 Å². The van der Waals surface area contributed by atoms with Crippen LogP contribution < -0.4 is 10.0 Å². The highest BCUT2D eigenvalue weighted by Crippen LogP contribution is 2.40. The zero-order valence-corrected chi connectivity index (χ0v) is 13.0. The van der Waals surface area contributed by atoms with E-state index in [0.29, 0.717) is 5.92 Å². The fourth-order valence-corrected chi connectivity index (χ4v) is 3.43. The first-order valence-electron chi connectivity index (χ1n) is 7.81. The van der Waals surface area contributed by atoms with Gasteiger partial charge in [-0.15, -0.1) is 0 Å². The van der Waals surface area contributed by atoms with E-state index in [-0.39, 0.29) is 11.8 Å². The molecule has 1 saturated carbocycles. The van der Waals surface area contributed by atoms with E-state index in [4.69, 9.17) is 0 Å². The van der Waals surface area contributed by atoms with Crippen LogP contribution in [-0.2, 0) is 4.79 Å². The molecule has 1 aliphatic carbocycles. The molecule has 2 atom stereocenters. The van der Waals surface area contributed by atoms with Crippen LogP contribution in [0.1, 0.15) is 32.1 Å². The van der Waals surface area contributed by atoms with Gasteiger partial charge in [0.25, 0.3) is 0 Å². The Hall–Kier alpha value is -1.42. The molecule has 1 aromatic rings. The van der Waals surface area contributed by atoms with Crippen molar-refractivity contribution >= 4 is 23.5 Å². The number of anilines is 1. The molecule has 1 aromatic carbocycles. The standard InChI is InChI=1S/C17H22N2OS/c20-17-14-12-13(14)8-4-2-1-3-7-11-18-15-9-5-6-10-16(15)21-19-17/h4-6,8-10,13-14,18H,1-3,7,11-12H2,(H,19,20)/b8-4-/t13-,14?/m1/s1. The fraction of sp³-hybridized carbons (Fsp3) is 0.471. The number of rotatable bonds is 0. The Morgan fingerprint density at radius 1 is 1.14 bits per heavy atom. The van der Waals surface area contributed by atoms with Gasteiger partial charge in [-0.3, -0.25) is 9.52 Å². The van der Waals surface area contributed by atoms with Crippen molar-refractivity contribution in [1.82, 2.24) is 4.72 Å². The van der Waals surface area contributed by atoms with Crippen LogP contribution in [0, 0.1) is 11.8 Å². The lowest BCUT2D eigenvalue weighted by Gasteiger charge is -2.11. The number of para-hydroxylation sites is 1. The summed E-state index contributed by atoms with van der Waals surface area (Å²) in [6.45, 7) is 0.987. The van der Waals surface area contributed by atoms with Crippen molar-refractivity contribution in [3.8, 4) is 0 Å². The summed E-state index contributed by atoms with van der Waals surface area (Å²) in [7, 11) is 0. The number of hydrogen-bond donors (Lipinski definition) is 2. The summed E-state index contributed by atoms with van der Waals surface area (Å²) in [4.78, 5) is 13.2. The van der Waals surface area contributed by atoms with Gasteiger partial charge in [-0.2, -0.15) is 0 Å². The largest absolute Gasteiger partial charge is 0.384 e. The maximum Gasteiger partial charge on any atom is 0.233 e. The number of benzene rings is 1. The highest BCUT2D eigenvalue weighted by Gasteiger charge is 2.40. The lowest BCUT2D eigenvalue weighted by atomic mass is 10.1. The summed E-state index contributed by atoms with van der Waals surface area (Å²) in [6.07, 6.45) is 10.3. The van der Waals surface area contributed by atoms with Crippen LogP contribution in [0.15, 0.2) is 41.3 Å². The molecule has 0 saturated heterocycles. The monoisotopic (exact) mass is 302 g/mol. The van der Waals surface area contributed by atoms with Crippen molar-refractivity contribution in [2.75, 3.05) is 11.9 Å². The molecule has 21 heavy (non-hydrogen) atoms. The van der Waals surface area contributed by atoms with E-state index >= 15 is 0 Å². The van der Waals surface area contributed by atoms with Crippen LogP contribution in [0.4, 0.5) is 5.69 Å². The van der Waals surface area contributed by atoms with Crippen molar-refractivity contribution in [1.29, 1.82) is 0 Å². The van der Waals surface area contributed by atoms with Gasteiger partial charge in [0.05, 0.1) is 4.90 Å². The van der Waals surface area contributed by atoms with Crippen molar-refractivity contribution < 1.29 is 4.79 Å². The highest BCUT2D eigenvalue weighted by atomic mass is 32.2. The Bertz CT molecular complexity index is 529. The molecule has 2 N–H and O–H groups in total. The Balaban J connectivity index is 1.68. The Morgan fingerprint density at radius 3 is 3.00 bits per heavy atom. The number of carbonyl (C=O) groups excluding carboxylic acids is 1. The van der Waals surface area contributed by atoms with Gasteiger partial charge in [0.1, 0.15) is 0 Å². The first kappa shape index (κ1) is 14.5. The second kappa shape index (κ2) is 7.03. The molecule has 0 spiro atoms. The van der Waals surface area contributed by atoms with E-state index in [1.54, 1.807) is 0 Å². The van der Waals surface area contributed by atoms with Crippen LogP contribution >= 0.6 is 11.9 Å². The van der Waals surface area contributed by atoms with Crippen LogP contribution in [0.2, 0.25) is 0 Å². The van der Waals surface area contributed by atoms with E-state index in [9.17, 15) is 4.79 Å². The Morgan fingerprint density at radius 2 is 2.05 bits per heavy atom. The number of allylic oxidation sites excluding steroid dienone is 2. The van der Waals surface area contributed by atoms with Crippen LogP contribution in [0.3, 0.4) is 0 Å². The normalized spacial score (nSPS) is 27.9. The van der Waals surface area contributed by atoms with Gasteiger partial charge in [-0.1, -0.05) is 30.7 Å². The van der Waals surface area contributed by atoms with Gasteiger partial charge in [0, 0.05) is 18.2 Å². The zero-order valence-electron chi connectivity index (χ0n) is 12.2. The Labute approximate surface area is 130 Å². The molecule has 0 radical (unpaired) electrons. The van der Waals surface area contributed by atoms with E-state index in [0.717, 1.165) is 30.0 Å². The molecule has 4 heteroatoms. The van der Waals surface area contributed by atoms with E-state index < -0.39 is 0 Å². The first-order valence-corrected chi connectivity index (χ1v) is 8.62. The summed E-state index contributed by atoms with van der Waals surface area (Å²) in [5.74, 6) is 0.808. The summed E-state index contributed by atoms with van der Waals surface area (Å²) >= 11 is 1.43. The SMILES string of the molecule is O=C1NSc2ccccc2NCCCCC/C=C\[C@@H]2CC12. The van der Waals surface area contributed by atoms with Crippen LogP contribution in [0.25, 0.3) is 0 Å². The molecule has 0 bridgehead atoms. The van der Waals surface area contributed by atoms with Crippen molar-refractivity contribution in [3.63, 3.8) is 0 Å². The van der Waals surface area contributed by atoms with Gasteiger partial charge < -0.3 is 5.32 Å². The lowest BCUT2D eigenvalue weighted by molar-refractivity contribution is -0.120. The van der Waals surface area contributed by atoms with Crippen molar-refractivity contribution in [2.24, 2.45) is 11.8 Å². The zero-order chi connectivity index (χ0) is 14.5. The predicted molar refractivity (Wildman–Crippen MR) is 88.1 cm³/mol. The second-order valence-corrected chi connectivity index (χ2v) is 6.62. The second-order valence-electron chi connectivity index (χ2n) is 5.77. The first-order chi connectivity index (χ1) is 10.3. The van der Waals surface area contributed by atoms with Gasteiger partial charge in [-0.25, -0.2) is 0 Å². The van der Waals surface area contributed by atoms with Crippen LogP contribution in [-0.4, -0.2) is 12.5 Å². The fourth-order valence-electron chi connectivity index (χ4n) is 2.67. The maximum absolute atomic E-state index is 12.1. The van der Waals surface area contributed by atoms with E-state index in [1.165, 1.54) is 31.2 Å². The highest BCUT2D eigenvalue weighted by molar-refractivity contribution is 7.98. The van der Waals surface area contributed by atoms with Crippen molar-refractivity contribution in [3.05, 3.63) is 36.4 Å². The molecular weight excluding hydrogens is 280 g/mol. The number of carbonyl (C=O) groups is 1. The lowest BCUT2D eigenvalue weighted by Crippen LogP contribution is -2.18. The number of fused-ring (bicyclic) bond motifs is 2. The average molecular weight is 302 g/mol. The van der Waals surface area contributed by atoms with E-state index in [1.807, 2.05) is 12.1 Å². The van der Waals surface area contributed by atoms with Crippen LogP contribution in [0.5, 0.6) is 0 Å². The smallest absolute Gasteiger partial charge is 0.233 e. The van der Waals surface area contributed by atoms with Crippen molar-refractivity contribution in [2.45, 2.75) is 37.0 Å². The minimum absolute atomic E-state index is 0.166. The third-order valence-corrected chi connectivity index (χ3v) is 4.95. The third-order valence-electron chi connectivity index (χ3n) is 4.07. The molecule has 0 aromatic heterocycles. The summed E-state index contributed by atoms with van der Waals surface area (Å²) in [5, 5.41) is 3.48. The molecular formula is C17H22N2OS. The molecule has 1 heterocycles. The van der Waals surface area contributed by atoms with Gasteiger partial charge in [0.15, 0.2) is 0 Å². The Kier molecular flexibility index (Phi) is 4.86. The number of amides is 1. The van der Waals surface area contributed by atoms with Gasteiger partial charge in [-0.05, 0) is 55.7 Å². The summed E-state index contributed by atoms with van der Waals surface area (Å²) in [5.41, 5.74) is 1.11. The summed E-state index contributed by atoms with van der Waals surface area (Å²) in [6, 6.07) is 8.17.